The molecule has 0 rings (SSSR count). The molecular formula is C54H91N2O6P. The Bertz CT molecular complexity index is 1430. The van der Waals surface area contributed by atoms with Gasteiger partial charge in [0.05, 0.1) is 39.9 Å². The van der Waals surface area contributed by atoms with Gasteiger partial charge in [-0.2, -0.15) is 0 Å². The first-order chi connectivity index (χ1) is 30.5. The highest BCUT2D eigenvalue weighted by atomic mass is 31.2. The fourth-order valence-electron chi connectivity index (χ4n) is 6.08. The molecule has 2 N–H and O–H groups in total. The molecule has 358 valence electrons. The van der Waals surface area contributed by atoms with Crippen molar-refractivity contribution < 1.29 is 32.9 Å². The van der Waals surface area contributed by atoms with Crippen molar-refractivity contribution in [2.24, 2.45) is 0 Å². The average Bonchev–Trinajstić information content (AvgIpc) is 3.24. The van der Waals surface area contributed by atoms with Crippen LogP contribution in [0.3, 0.4) is 0 Å². The fraction of sp³-hybridized carbons (Fsp3) is 0.611. The smallest absolute Gasteiger partial charge is 0.268 e. The van der Waals surface area contributed by atoms with Gasteiger partial charge in [0.1, 0.15) is 13.2 Å². The lowest BCUT2D eigenvalue weighted by Crippen LogP contribution is -2.45. The van der Waals surface area contributed by atoms with Gasteiger partial charge in [0.2, 0.25) is 5.91 Å². The van der Waals surface area contributed by atoms with Gasteiger partial charge in [0.15, 0.2) is 0 Å². The zero-order chi connectivity index (χ0) is 46.4. The number of hydrogen-bond acceptors (Lipinski definition) is 6. The number of likely N-dealkylation sites (N-methyl/N-ethyl adjacent to an activating group) is 1. The quantitative estimate of drug-likeness (QED) is 0.0273. The molecule has 0 aliphatic carbocycles. The third-order valence-corrected chi connectivity index (χ3v) is 10.9. The highest BCUT2D eigenvalue weighted by molar-refractivity contribution is 7.45. The van der Waals surface area contributed by atoms with Crippen LogP contribution in [0.4, 0.5) is 0 Å². The van der Waals surface area contributed by atoms with E-state index in [1.165, 1.54) is 25.7 Å². The summed E-state index contributed by atoms with van der Waals surface area (Å²) in [6.07, 6.45) is 65.6. The zero-order valence-electron chi connectivity index (χ0n) is 40.5. The maximum atomic E-state index is 12.8. The summed E-state index contributed by atoms with van der Waals surface area (Å²) in [7, 11) is 1.22. The van der Waals surface area contributed by atoms with Crippen molar-refractivity contribution in [3.05, 3.63) is 122 Å². The summed E-state index contributed by atoms with van der Waals surface area (Å²) < 4.78 is 23.1. The van der Waals surface area contributed by atoms with Crippen LogP contribution < -0.4 is 10.2 Å². The molecule has 0 saturated heterocycles. The first kappa shape index (κ1) is 59.9. The molecule has 0 saturated carbocycles. The normalized spacial score (nSPS) is 15.2. The number of phosphoric acid groups is 1. The van der Waals surface area contributed by atoms with Crippen LogP contribution in [0.1, 0.15) is 162 Å². The summed E-state index contributed by atoms with van der Waals surface area (Å²) in [6.45, 7) is 4.43. The number of carbonyl (C=O) groups excluding carboxylic acids is 1. The molecule has 0 aromatic heterocycles. The van der Waals surface area contributed by atoms with Gasteiger partial charge in [0.25, 0.3) is 7.82 Å². The Morgan fingerprint density at radius 2 is 0.968 bits per heavy atom. The van der Waals surface area contributed by atoms with E-state index in [1.807, 2.05) is 27.2 Å². The number of carbonyl (C=O) groups is 1. The minimum absolute atomic E-state index is 0.0125. The number of allylic oxidation sites excluding steroid dienone is 19. The van der Waals surface area contributed by atoms with Gasteiger partial charge in [-0.25, -0.2) is 0 Å². The number of hydrogen-bond donors (Lipinski definition) is 2. The lowest BCUT2D eigenvalue weighted by atomic mass is 10.1. The van der Waals surface area contributed by atoms with Gasteiger partial charge < -0.3 is 28.8 Å². The Hall–Kier alpha value is -3.10. The van der Waals surface area contributed by atoms with Gasteiger partial charge in [-0.15, -0.1) is 0 Å². The van der Waals surface area contributed by atoms with Gasteiger partial charge in [-0.1, -0.05) is 187 Å². The van der Waals surface area contributed by atoms with E-state index >= 15 is 0 Å². The Balaban J connectivity index is 4.19. The van der Waals surface area contributed by atoms with E-state index < -0.39 is 26.6 Å². The van der Waals surface area contributed by atoms with Crippen LogP contribution in [-0.4, -0.2) is 68.5 Å². The minimum Gasteiger partial charge on any atom is -0.756 e. The average molecular weight is 895 g/mol. The van der Waals surface area contributed by atoms with Crippen molar-refractivity contribution >= 4 is 13.7 Å². The van der Waals surface area contributed by atoms with Gasteiger partial charge >= 0.3 is 0 Å². The monoisotopic (exact) mass is 895 g/mol. The van der Waals surface area contributed by atoms with Crippen molar-refractivity contribution in [1.82, 2.24) is 5.32 Å². The molecule has 0 aliphatic rings. The van der Waals surface area contributed by atoms with E-state index in [9.17, 15) is 19.4 Å². The van der Waals surface area contributed by atoms with E-state index in [2.05, 4.69) is 129 Å². The van der Waals surface area contributed by atoms with Crippen LogP contribution in [0, 0.1) is 0 Å². The number of nitrogens with zero attached hydrogens (tertiary/aromatic N) is 1. The number of quaternary nitrogens is 1. The highest BCUT2D eigenvalue weighted by Gasteiger charge is 2.23. The number of rotatable bonds is 42. The Morgan fingerprint density at radius 3 is 1.41 bits per heavy atom. The largest absolute Gasteiger partial charge is 0.756 e. The van der Waals surface area contributed by atoms with Crippen molar-refractivity contribution in [3.63, 3.8) is 0 Å². The summed E-state index contributed by atoms with van der Waals surface area (Å²) in [5.74, 6) is -0.227. The van der Waals surface area contributed by atoms with Crippen LogP contribution in [0.15, 0.2) is 122 Å². The molecule has 3 unspecified atom stereocenters. The molecule has 0 aromatic rings. The molecule has 9 heteroatoms. The standard InChI is InChI=1S/C54H91N2O6P/c1-6-8-10-12-14-16-17-18-19-20-21-22-23-24-25-26-27-28-29-30-31-32-33-34-35-36-37-38-39-40-42-44-46-48-54(58)55-52(51-62-63(59,60)61-50-49-56(3,4)5)53(57)47-45-43-41-15-13-11-9-7-2/h8,10,14,16,18-19,21-22,24-25,27-28,30-31,33-34,36-37,45,47,52-53,57H,6-7,9,11-13,15,17,20,23,26,29,32,35,38-44,46,48-51H2,1-5H3,(H-,55,58,59,60)/b10-8-,16-14-,19-18-,22-21-,25-24-,28-27-,31-30-,34-33-,37-36-,47-45+. The third kappa shape index (κ3) is 46.7. The van der Waals surface area contributed by atoms with E-state index in [-0.39, 0.29) is 12.5 Å². The molecule has 8 nitrogen and oxygen atoms in total. The minimum atomic E-state index is -4.60. The van der Waals surface area contributed by atoms with Crippen molar-refractivity contribution in [2.75, 3.05) is 40.9 Å². The Labute approximate surface area is 386 Å². The SMILES string of the molecule is CC/C=C\C/C=C\C/C=C\C/C=C\C/C=C\C/C=C\C/C=C\C/C=C\C/C=C\CCCCCCCC(=O)NC(COP(=O)([O-])OCC[N+](C)(C)C)C(O)/C=C/CCCCCCCC. The van der Waals surface area contributed by atoms with Gasteiger partial charge in [-0.3, -0.25) is 9.36 Å². The van der Waals surface area contributed by atoms with E-state index in [0.717, 1.165) is 116 Å². The number of phosphoric ester groups is 1. The molecule has 63 heavy (non-hydrogen) atoms. The van der Waals surface area contributed by atoms with Crippen LogP contribution in [0.2, 0.25) is 0 Å². The lowest BCUT2D eigenvalue weighted by molar-refractivity contribution is -0.870. The summed E-state index contributed by atoms with van der Waals surface area (Å²) in [6, 6.07) is -0.903. The van der Waals surface area contributed by atoms with Crippen LogP contribution in [0.25, 0.3) is 0 Å². The molecule has 0 spiro atoms. The fourth-order valence-corrected chi connectivity index (χ4v) is 6.81. The summed E-state index contributed by atoms with van der Waals surface area (Å²) in [5, 5.41) is 13.7. The van der Waals surface area contributed by atoms with E-state index in [0.29, 0.717) is 17.4 Å². The molecule has 0 aliphatic heterocycles. The van der Waals surface area contributed by atoms with Gasteiger partial charge in [-0.05, 0) is 89.9 Å². The second-order valence-corrected chi connectivity index (χ2v) is 18.5. The molecule has 1 amide bonds. The second kappa shape index (κ2) is 44.1. The number of aliphatic hydroxyl groups is 1. The number of unbranched alkanes of at least 4 members (excludes halogenated alkanes) is 11. The topological polar surface area (TPSA) is 108 Å². The summed E-state index contributed by atoms with van der Waals surface area (Å²) in [4.78, 5) is 25.2. The van der Waals surface area contributed by atoms with Crippen LogP contribution >= 0.6 is 7.82 Å². The number of nitrogens with one attached hydrogen (secondary N) is 1. The maximum absolute atomic E-state index is 12.8. The number of aliphatic hydroxyl groups excluding tert-OH is 1. The Morgan fingerprint density at radius 1 is 0.571 bits per heavy atom. The highest BCUT2D eigenvalue weighted by Crippen LogP contribution is 2.38. The molecule has 0 fully saturated rings. The lowest BCUT2D eigenvalue weighted by Gasteiger charge is -2.29. The first-order valence-electron chi connectivity index (χ1n) is 24.4. The second-order valence-electron chi connectivity index (χ2n) is 17.1. The van der Waals surface area contributed by atoms with Crippen LogP contribution in [0.5, 0.6) is 0 Å². The number of amides is 1. The maximum Gasteiger partial charge on any atom is 0.268 e. The van der Waals surface area contributed by atoms with E-state index in [4.69, 9.17) is 9.05 Å². The molecule has 3 atom stereocenters. The van der Waals surface area contributed by atoms with E-state index in [1.54, 1.807) is 6.08 Å². The van der Waals surface area contributed by atoms with Crippen molar-refractivity contribution in [2.45, 2.75) is 174 Å². The summed E-state index contributed by atoms with van der Waals surface area (Å²) in [5.41, 5.74) is 0. The van der Waals surface area contributed by atoms with Gasteiger partial charge in [0, 0.05) is 6.42 Å². The molecular weight excluding hydrogens is 804 g/mol. The zero-order valence-corrected chi connectivity index (χ0v) is 41.4. The third-order valence-electron chi connectivity index (χ3n) is 9.93. The molecule has 0 aromatic carbocycles. The molecule has 0 radical (unpaired) electrons. The first-order valence-corrected chi connectivity index (χ1v) is 25.9. The Kier molecular flexibility index (Phi) is 41.9. The molecule has 0 bridgehead atoms. The van der Waals surface area contributed by atoms with Crippen LogP contribution in [-0.2, 0) is 18.4 Å². The predicted molar refractivity (Wildman–Crippen MR) is 269 cm³/mol. The summed E-state index contributed by atoms with van der Waals surface area (Å²) >= 11 is 0. The van der Waals surface area contributed by atoms with Crippen molar-refractivity contribution in [3.8, 4) is 0 Å². The predicted octanol–water partition coefficient (Wildman–Crippen LogP) is 13.6. The van der Waals surface area contributed by atoms with Crippen molar-refractivity contribution in [1.29, 1.82) is 0 Å². The molecule has 0 heterocycles.